The summed E-state index contributed by atoms with van der Waals surface area (Å²) in [5.74, 6) is -0.362. The van der Waals surface area contributed by atoms with Gasteiger partial charge in [-0.05, 0) is 36.0 Å². The van der Waals surface area contributed by atoms with Gasteiger partial charge in [0, 0.05) is 6.08 Å². The SMILES string of the molecule is CC(C)(CC/C=C/C(=O)O)[C@@H](O)c1cccc(OCCO)c1. The summed E-state index contributed by atoms with van der Waals surface area (Å²) in [6.45, 7) is 4.03. The van der Waals surface area contributed by atoms with Crippen LogP contribution in [0.5, 0.6) is 5.75 Å². The Bertz CT molecular complexity index is 508. The average Bonchev–Trinajstić information content (AvgIpc) is 2.49. The molecule has 0 aliphatic heterocycles. The summed E-state index contributed by atoms with van der Waals surface area (Å²) in [5, 5.41) is 27.9. The van der Waals surface area contributed by atoms with Crippen LogP contribution in [0, 0.1) is 5.41 Å². The van der Waals surface area contributed by atoms with Crippen LogP contribution in [0.1, 0.15) is 38.4 Å². The Kier molecular flexibility index (Phi) is 7.08. The molecule has 0 saturated heterocycles. The maximum absolute atomic E-state index is 10.6. The number of benzene rings is 1. The molecule has 0 aliphatic rings. The van der Waals surface area contributed by atoms with Crippen LogP contribution in [0.2, 0.25) is 0 Å². The molecule has 0 saturated carbocycles. The van der Waals surface area contributed by atoms with E-state index in [0.29, 0.717) is 18.6 Å². The van der Waals surface area contributed by atoms with Crippen molar-refractivity contribution in [2.24, 2.45) is 5.41 Å². The number of rotatable bonds is 9. The first-order valence-electron chi connectivity index (χ1n) is 7.28. The molecule has 0 fully saturated rings. The fourth-order valence-corrected chi connectivity index (χ4v) is 2.17. The van der Waals surface area contributed by atoms with Gasteiger partial charge in [0.15, 0.2) is 0 Å². The highest BCUT2D eigenvalue weighted by Crippen LogP contribution is 2.38. The van der Waals surface area contributed by atoms with Crippen LogP contribution in [0.3, 0.4) is 0 Å². The standard InChI is InChI=1S/C17H24O5/c1-17(2,9-4-3-8-15(19)20)16(21)13-6-5-7-14(12-13)22-11-10-18/h3,5-8,12,16,18,21H,4,9-11H2,1-2H3,(H,19,20)/b8-3+/t16-/m0/s1. The zero-order chi connectivity index (χ0) is 16.6. The molecule has 0 spiro atoms. The Hall–Kier alpha value is -1.85. The molecule has 3 N–H and O–H groups in total. The topological polar surface area (TPSA) is 87.0 Å². The molecular weight excluding hydrogens is 284 g/mol. The predicted molar refractivity (Wildman–Crippen MR) is 83.8 cm³/mol. The van der Waals surface area contributed by atoms with Gasteiger partial charge >= 0.3 is 5.97 Å². The van der Waals surface area contributed by atoms with Gasteiger partial charge in [0.2, 0.25) is 0 Å². The summed E-state index contributed by atoms with van der Waals surface area (Å²) >= 11 is 0. The van der Waals surface area contributed by atoms with E-state index in [9.17, 15) is 9.90 Å². The third kappa shape index (κ3) is 5.87. The Balaban J connectivity index is 2.71. The van der Waals surface area contributed by atoms with E-state index in [1.54, 1.807) is 24.3 Å². The van der Waals surface area contributed by atoms with Gasteiger partial charge in [-0.1, -0.05) is 32.1 Å². The Morgan fingerprint density at radius 1 is 1.41 bits per heavy atom. The van der Waals surface area contributed by atoms with Crippen molar-refractivity contribution in [3.63, 3.8) is 0 Å². The highest BCUT2D eigenvalue weighted by Gasteiger charge is 2.28. The largest absolute Gasteiger partial charge is 0.491 e. The molecular formula is C17H24O5. The molecule has 1 atom stereocenters. The molecule has 1 rings (SSSR count). The molecule has 0 radical (unpaired) electrons. The van der Waals surface area contributed by atoms with E-state index < -0.39 is 17.5 Å². The molecule has 5 nitrogen and oxygen atoms in total. The molecule has 122 valence electrons. The lowest BCUT2D eigenvalue weighted by Crippen LogP contribution is -2.22. The van der Waals surface area contributed by atoms with Crippen LogP contribution in [-0.2, 0) is 4.79 Å². The average molecular weight is 308 g/mol. The van der Waals surface area contributed by atoms with E-state index in [-0.39, 0.29) is 13.2 Å². The number of ether oxygens (including phenoxy) is 1. The second-order valence-electron chi connectivity index (χ2n) is 5.81. The molecule has 22 heavy (non-hydrogen) atoms. The highest BCUT2D eigenvalue weighted by atomic mass is 16.5. The van der Waals surface area contributed by atoms with E-state index in [2.05, 4.69) is 0 Å². The lowest BCUT2D eigenvalue weighted by molar-refractivity contribution is -0.131. The first kappa shape index (κ1) is 18.2. The number of carboxylic acid groups (broad SMARTS) is 1. The quantitative estimate of drug-likeness (QED) is 0.610. The Morgan fingerprint density at radius 3 is 2.77 bits per heavy atom. The first-order chi connectivity index (χ1) is 10.4. The number of allylic oxidation sites excluding steroid dienone is 1. The molecule has 1 aromatic rings. The molecule has 0 aromatic heterocycles. The van der Waals surface area contributed by atoms with Crippen molar-refractivity contribution in [1.29, 1.82) is 0 Å². The maximum Gasteiger partial charge on any atom is 0.327 e. The van der Waals surface area contributed by atoms with Gasteiger partial charge in [-0.2, -0.15) is 0 Å². The lowest BCUT2D eigenvalue weighted by Gasteiger charge is -2.30. The van der Waals surface area contributed by atoms with E-state index in [1.165, 1.54) is 0 Å². The number of aliphatic carboxylic acids is 1. The van der Waals surface area contributed by atoms with E-state index in [4.69, 9.17) is 14.9 Å². The monoisotopic (exact) mass is 308 g/mol. The molecule has 0 aliphatic carbocycles. The van der Waals surface area contributed by atoms with E-state index >= 15 is 0 Å². The summed E-state index contributed by atoms with van der Waals surface area (Å²) in [6, 6.07) is 7.15. The lowest BCUT2D eigenvalue weighted by atomic mass is 9.79. The Morgan fingerprint density at radius 2 is 2.14 bits per heavy atom. The minimum atomic E-state index is -0.966. The molecule has 0 unspecified atom stereocenters. The number of hydrogen-bond acceptors (Lipinski definition) is 4. The second-order valence-corrected chi connectivity index (χ2v) is 5.81. The molecule has 0 bridgehead atoms. The van der Waals surface area contributed by atoms with Gasteiger partial charge in [-0.25, -0.2) is 4.79 Å². The van der Waals surface area contributed by atoms with Crippen LogP contribution < -0.4 is 4.74 Å². The fraction of sp³-hybridized carbons (Fsp3) is 0.471. The fourth-order valence-electron chi connectivity index (χ4n) is 2.17. The van der Waals surface area contributed by atoms with Crippen LogP contribution in [0.15, 0.2) is 36.4 Å². The van der Waals surface area contributed by atoms with Crippen molar-refractivity contribution in [1.82, 2.24) is 0 Å². The van der Waals surface area contributed by atoms with Crippen LogP contribution in [0.4, 0.5) is 0 Å². The third-order valence-electron chi connectivity index (χ3n) is 3.49. The number of aliphatic hydroxyl groups excluding tert-OH is 2. The van der Waals surface area contributed by atoms with E-state index in [1.807, 2.05) is 19.9 Å². The molecule has 0 heterocycles. The number of hydrogen-bond donors (Lipinski definition) is 3. The smallest absolute Gasteiger partial charge is 0.327 e. The normalized spacial score (nSPS) is 13.3. The van der Waals surface area contributed by atoms with Crippen molar-refractivity contribution in [2.75, 3.05) is 13.2 Å². The summed E-state index contributed by atoms with van der Waals surface area (Å²) in [7, 11) is 0. The predicted octanol–water partition coefficient (Wildman–Crippen LogP) is 2.54. The third-order valence-corrected chi connectivity index (χ3v) is 3.49. The molecule has 0 amide bonds. The van der Waals surface area contributed by atoms with Crippen LogP contribution in [-0.4, -0.2) is 34.5 Å². The van der Waals surface area contributed by atoms with Gasteiger partial charge < -0.3 is 20.1 Å². The zero-order valence-corrected chi connectivity index (χ0v) is 13.0. The van der Waals surface area contributed by atoms with Crippen molar-refractivity contribution in [3.8, 4) is 5.75 Å². The van der Waals surface area contributed by atoms with Crippen molar-refractivity contribution >= 4 is 5.97 Å². The second kappa shape index (κ2) is 8.56. The summed E-state index contributed by atoms with van der Waals surface area (Å²) in [6.07, 6.45) is 3.25. The number of carboxylic acids is 1. The maximum atomic E-state index is 10.6. The molecule has 1 aromatic carbocycles. The minimum Gasteiger partial charge on any atom is -0.491 e. The van der Waals surface area contributed by atoms with Gasteiger partial charge in [0.05, 0.1) is 12.7 Å². The van der Waals surface area contributed by atoms with Crippen molar-refractivity contribution in [3.05, 3.63) is 42.0 Å². The summed E-state index contributed by atoms with van der Waals surface area (Å²) in [4.78, 5) is 10.4. The Labute approximate surface area is 130 Å². The zero-order valence-electron chi connectivity index (χ0n) is 13.0. The number of carbonyl (C=O) groups is 1. The van der Waals surface area contributed by atoms with Crippen molar-refractivity contribution in [2.45, 2.75) is 32.8 Å². The van der Waals surface area contributed by atoms with Gasteiger partial charge in [0.1, 0.15) is 12.4 Å². The van der Waals surface area contributed by atoms with Crippen LogP contribution >= 0.6 is 0 Å². The van der Waals surface area contributed by atoms with E-state index in [0.717, 1.165) is 11.6 Å². The first-order valence-corrected chi connectivity index (χ1v) is 7.28. The highest BCUT2D eigenvalue weighted by molar-refractivity contribution is 5.79. The van der Waals surface area contributed by atoms with Gasteiger partial charge in [-0.3, -0.25) is 0 Å². The summed E-state index contributed by atoms with van der Waals surface area (Å²) < 4.78 is 5.35. The van der Waals surface area contributed by atoms with Gasteiger partial charge in [-0.15, -0.1) is 0 Å². The number of aliphatic hydroxyl groups is 2. The van der Waals surface area contributed by atoms with Crippen molar-refractivity contribution < 1.29 is 24.9 Å². The van der Waals surface area contributed by atoms with Crippen LogP contribution in [0.25, 0.3) is 0 Å². The summed E-state index contributed by atoms with van der Waals surface area (Å²) in [5.41, 5.74) is 0.334. The molecule has 5 heteroatoms. The van der Waals surface area contributed by atoms with Gasteiger partial charge in [0.25, 0.3) is 0 Å². The minimum absolute atomic E-state index is 0.0613.